The van der Waals surface area contributed by atoms with Crippen LogP contribution in [0.3, 0.4) is 0 Å². The predicted octanol–water partition coefficient (Wildman–Crippen LogP) is 3.42. The second-order valence-corrected chi connectivity index (χ2v) is 5.59. The molecule has 5 heteroatoms. The highest BCUT2D eigenvalue weighted by atomic mass is 35.5. The number of rotatable bonds is 5. The van der Waals surface area contributed by atoms with Crippen molar-refractivity contribution in [2.24, 2.45) is 5.73 Å². The molecular weight excluding hydrogens is 266 g/mol. The molecule has 18 heavy (non-hydrogen) atoms. The minimum absolute atomic E-state index is 0.0517. The van der Waals surface area contributed by atoms with Gasteiger partial charge in [0.15, 0.2) is 0 Å². The van der Waals surface area contributed by atoms with Crippen LogP contribution in [0.25, 0.3) is 0 Å². The summed E-state index contributed by atoms with van der Waals surface area (Å²) in [6.07, 6.45) is 1.73. The first-order valence-electron chi connectivity index (χ1n) is 6.19. The Morgan fingerprint density at radius 1 is 1.50 bits per heavy atom. The van der Waals surface area contributed by atoms with Gasteiger partial charge in [0.05, 0.1) is 10.7 Å². The monoisotopic (exact) mass is 283 g/mol. The lowest BCUT2D eigenvalue weighted by molar-refractivity contribution is 0.588. The van der Waals surface area contributed by atoms with E-state index in [1.54, 1.807) is 11.3 Å². The summed E-state index contributed by atoms with van der Waals surface area (Å²) >= 11 is 7.73. The van der Waals surface area contributed by atoms with Crippen molar-refractivity contribution < 1.29 is 0 Å². The Balaban J connectivity index is 2.18. The van der Waals surface area contributed by atoms with E-state index in [0.717, 1.165) is 35.0 Å². The standard InChI is InChI=1S/C13H18ClN3S/c1-3-9-7-10(17(4-2)16-9)8-12(15)13-11(14)5-6-18-13/h5-7,12H,3-4,8,15H2,1-2H3. The molecule has 0 radical (unpaired) electrons. The zero-order valence-corrected chi connectivity index (χ0v) is 12.3. The largest absolute Gasteiger partial charge is 0.323 e. The molecule has 98 valence electrons. The first-order valence-corrected chi connectivity index (χ1v) is 7.45. The zero-order chi connectivity index (χ0) is 13.1. The van der Waals surface area contributed by atoms with Gasteiger partial charge < -0.3 is 5.73 Å². The summed E-state index contributed by atoms with van der Waals surface area (Å²) in [6, 6.07) is 3.99. The molecule has 0 amide bonds. The third-order valence-electron chi connectivity index (χ3n) is 2.99. The maximum Gasteiger partial charge on any atom is 0.0624 e. The van der Waals surface area contributed by atoms with Crippen LogP contribution in [0.5, 0.6) is 0 Å². The SMILES string of the molecule is CCc1cc(CC(N)c2sccc2Cl)n(CC)n1. The Hall–Kier alpha value is -0.840. The molecular formula is C13H18ClN3S. The Bertz CT molecular complexity index is 518. The summed E-state index contributed by atoms with van der Waals surface area (Å²) in [6.45, 7) is 5.09. The third-order valence-corrected chi connectivity index (χ3v) is 4.48. The molecule has 0 saturated carbocycles. The summed E-state index contributed by atoms with van der Waals surface area (Å²) in [5.41, 5.74) is 8.54. The predicted molar refractivity (Wildman–Crippen MR) is 77.2 cm³/mol. The lowest BCUT2D eigenvalue weighted by atomic mass is 10.1. The van der Waals surface area contributed by atoms with Gasteiger partial charge in [-0.3, -0.25) is 4.68 Å². The highest BCUT2D eigenvalue weighted by Crippen LogP contribution is 2.29. The Kier molecular flexibility index (Phi) is 4.43. The van der Waals surface area contributed by atoms with Crippen molar-refractivity contribution in [2.45, 2.75) is 39.3 Å². The van der Waals surface area contributed by atoms with Gasteiger partial charge in [0, 0.05) is 29.6 Å². The number of hydrogen-bond acceptors (Lipinski definition) is 3. The molecule has 2 N–H and O–H groups in total. The molecule has 0 aliphatic carbocycles. The quantitative estimate of drug-likeness (QED) is 0.914. The third kappa shape index (κ3) is 2.76. The summed E-state index contributed by atoms with van der Waals surface area (Å²) < 4.78 is 2.03. The summed E-state index contributed by atoms with van der Waals surface area (Å²) in [7, 11) is 0. The molecule has 0 aliphatic heterocycles. The van der Waals surface area contributed by atoms with E-state index in [-0.39, 0.29) is 6.04 Å². The van der Waals surface area contributed by atoms with Crippen LogP contribution in [0, 0.1) is 0 Å². The van der Waals surface area contributed by atoms with Crippen LogP contribution in [0.4, 0.5) is 0 Å². The van der Waals surface area contributed by atoms with Gasteiger partial charge in [0.25, 0.3) is 0 Å². The second kappa shape index (κ2) is 5.87. The lowest BCUT2D eigenvalue weighted by Crippen LogP contribution is -2.15. The molecule has 0 aliphatic rings. The summed E-state index contributed by atoms with van der Waals surface area (Å²) in [5, 5.41) is 7.28. The number of aryl methyl sites for hydroxylation is 2. The maximum absolute atomic E-state index is 6.23. The van der Waals surface area contributed by atoms with Gasteiger partial charge in [-0.25, -0.2) is 0 Å². The van der Waals surface area contributed by atoms with Gasteiger partial charge >= 0.3 is 0 Å². The van der Waals surface area contributed by atoms with Gasteiger partial charge in [-0.05, 0) is 30.9 Å². The first kappa shape index (κ1) is 13.6. The second-order valence-electron chi connectivity index (χ2n) is 4.24. The number of nitrogens with zero attached hydrogens (tertiary/aromatic N) is 2. The average molecular weight is 284 g/mol. The van der Waals surface area contributed by atoms with Gasteiger partial charge in [-0.15, -0.1) is 11.3 Å². The minimum Gasteiger partial charge on any atom is -0.323 e. The molecule has 0 fully saturated rings. The highest BCUT2D eigenvalue weighted by molar-refractivity contribution is 7.10. The van der Waals surface area contributed by atoms with Crippen molar-refractivity contribution in [3.63, 3.8) is 0 Å². The van der Waals surface area contributed by atoms with Gasteiger partial charge in [-0.2, -0.15) is 5.10 Å². The maximum atomic E-state index is 6.23. The number of nitrogens with two attached hydrogens (primary N) is 1. The summed E-state index contributed by atoms with van der Waals surface area (Å²) in [4.78, 5) is 1.05. The van der Waals surface area contributed by atoms with E-state index in [1.807, 2.05) is 16.1 Å². The fraction of sp³-hybridized carbons (Fsp3) is 0.462. The highest BCUT2D eigenvalue weighted by Gasteiger charge is 2.15. The molecule has 0 aromatic carbocycles. The normalized spacial score (nSPS) is 12.9. The first-order chi connectivity index (χ1) is 8.65. The summed E-state index contributed by atoms with van der Waals surface area (Å²) in [5.74, 6) is 0. The van der Waals surface area contributed by atoms with Crippen molar-refractivity contribution in [2.75, 3.05) is 0 Å². The van der Waals surface area contributed by atoms with E-state index in [0.29, 0.717) is 0 Å². The molecule has 0 spiro atoms. The minimum atomic E-state index is -0.0517. The van der Waals surface area contributed by atoms with Crippen molar-refractivity contribution in [1.29, 1.82) is 0 Å². The van der Waals surface area contributed by atoms with Crippen molar-refractivity contribution in [1.82, 2.24) is 9.78 Å². The Morgan fingerprint density at radius 3 is 2.83 bits per heavy atom. The molecule has 2 rings (SSSR count). The molecule has 0 saturated heterocycles. The van der Waals surface area contributed by atoms with E-state index >= 15 is 0 Å². The fourth-order valence-corrected chi connectivity index (χ4v) is 3.21. The van der Waals surface area contributed by atoms with Crippen molar-refractivity contribution in [3.05, 3.63) is 38.8 Å². The van der Waals surface area contributed by atoms with Crippen LogP contribution in [0.2, 0.25) is 5.02 Å². The van der Waals surface area contributed by atoms with Crippen LogP contribution in [-0.2, 0) is 19.4 Å². The van der Waals surface area contributed by atoms with E-state index < -0.39 is 0 Å². The molecule has 1 unspecified atom stereocenters. The molecule has 1 atom stereocenters. The van der Waals surface area contributed by atoms with E-state index in [9.17, 15) is 0 Å². The molecule has 2 aromatic heterocycles. The number of aromatic nitrogens is 2. The average Bonchev–Trinajstić information content (AvgIpc) is 2.95. The number of hydrogen-bond donors (Lipinski definition) is 1. The molecule has 3 nitrogen and oxygen atoms in total. The van der Waals surface area contributed by atoms with Crippen molar-refractivity contribution in [3.8, 4) is 0 Å². The van der Waals surface area contributed by atoms with E-state index in [4.69, 9.17) is 17.3 Å². The number of halogens is 1. The van der Waals surface area contributed by atoms with Crippen LogP contribution in [0.15, 0.2) is 17.5 Å². The van der Waals surface area contributed by atoms with Crippen molar-refractivity contribution >= 4 is 22.9 Å². The van der Waals surface area contributed by atoms with Crippen LogP contribution >= 0.6 is 22.9 Å². The van der Waals surface area contributed by atoms with Gasteiger partial charge in [0.1, 0.15) is 0 Å². The van der Waals surface area contributed by atoms with E-state index in [2.05, 4.69) is 25.0 Å². The molecule has 2 heterocycles. The van der Waals surface area contributed by atoms with Crippen LogP contribution in [-0.4, -0.2) is 9.78 Å². The molecule has 0 bridgehead atoms. The zero-order valence-electron chi connectivity index (χ0n) is 10.7. The lowest BCUT2D eigenvalue weighted by Gasteiger charge is -2.11. The Labute approximate surface area is 117 Å². The van der Waals surface area contributed by atoms with Gasteiger partial charge in [-0.1, -0.05) is 18.5 Å². The number of thiophene rings is 1. The van der Waals surface area contributed by atoms with Crippen LogP contribution < -0.4 is 5.73 Å². The van der Waals surface area contributed by atoms with Crippen LogP contribution in [0.1, 0.15) is 36.2 Å². The van der Waals surface area contributed by atoms with E-state index in [1.165, 1.54) is 5.69 Å². The molecule has 2 aromatic rings. The topological polar surface area (TPSA) is 43.8 Å². The Morgan fingerprint density at radius 2 is 2.28 bits per heavy atom. The van der Waals surface area contributed by atoms with Gasteiger partial charge in [0.2, 0.25) is 0 Å². The fourth-order valence-electron chi connectivity index (χ4n) is 2.01. The smallest absolute Gasteiger partial charge is 0.0624 e.